The van der Waals surface area contributed by atoms with Gasteiger partial charge < -0.3 is 10.1 Å². The molecule has 2 aromatic rings. The van der Waals surface area contributed by atoms with Gasteiger partial charge in [-0.15, -0.1) is 11.8 Å². The third-order valence-corrected chi connectivity index (χ3v) is 5.56. The van der Waals surface area contributed by atoms with E-state index in [9.17, 15) is 9.59 Å². The molecule has 7 heteroatoms. The van der Waals surface area contributed by atoms with Gasteiger partial charge in [-0.2, -0.15) is 0 Å². The van der Waals surface area contributed by atoms with Gasteiger partial charge in [-0.05, 0) is 50.5 Å². The fraction of sp³-hybridized carbons (Fsp3) is 0.409. The van der Waals surface area contributed by atoms with Crippen LogP contribution in [0.4, 0.5) is 4.79 Å². The molecule has 1 aliphatic heterocycles. The second kappa shape index (κ2) is 9.31. The maximum Gasteiger partial charge on any atom is 0.410 e. The first kappa shape index (κ1) is 21.2. The van der Waals surface area contributed by atoms with Crippen LogP contribution in [0.25, 0.3) is 0 Å². The molecule has 0 fully saturated rings. The minimum absolute atomic E-state index is 0.0704. The van der Waals surface area contributed by atoms with Gasteiger partial charge in [0, 0.05) is 30.4 Å². The van der Waals surface area contributed by atoms with E-state index in [1.54, 1.807) is 17.3 Å². The molecule has 2 amide bonds. The van der Waals surface area contributed by atoms with Crippen molar-refractivity contribution in [2.24, 2.45) is 0 Å². The zero-order valence-corrected chi connectivity index (χ0v) is 17.9. The first-order chi connectivity index (χ1) is 13.8. The molecule has 0 aliphatic carbocycles. The van der Waals surface area contributed by atoms with Crippen LogP contribution in [-0.4, -0.2) is 46.3 Å². The molecule has 3 rings (SSSR count). The number of fused-ring (bicyclic) bond motifs is 1. The van der Waals surface area contributed by atoms with Gasteiger partial charge in [-0.25, -0.2) is 4.79 Å². The number of hydrogen-bond acceptors (Lipinski definition) is 5. The number of carbonyl (C=O) groups is 2. The summed E-state index contributed by atoms with van der Waals surface area (Å²) in [6.07, 6.45) is 3.84. The number of thioether (sulfide) groups is 1. The summed E-state index contributed by atoms with van der Waals surface area (Å²) in [4.78, 5) is 31.9. The highest BCUT2D eigenvalue weighted by molar-refractivity contribution is 8.00. The third kappa shape index (κ3) is 5.97. The van der Waals surface area contributed by atoms with Gasteiger partial charge in [0.15, 0.2) is 0 Å². The Kier molecular flexibility index (Phi) is 6.79. The lowest BCUT2D eigenvalue weighted by atomic mass is 9.93. The van der Waals surface area contributed by atoms with Crippen molar-refractivity contribution in [1.29, 1.82) is 0 Å². The molecule has 1 aromatic carbocycles. The SMILES string of the molecule is CC(C)(C)OC(=O)N1CCc2ccccc2C1CNC(=O)CSc1ccncc1. The lowest BCUT2D eigenvalue weighted by Gasteiger charge is -2.38. The first-order valence-electron chi connectivity index (χ1n) is 9.70. The van der Waals surface area contributed by atoms with Crippen molar-refractivity contribution in [2.75, 3.05) is 18.8 Å². The zero-order chi connectivity index (χ0) is 20.9. The summed E-state index contributed by atoms with van der Waals surface area (Å²) in [7, 11) is 0. The van der Waals surface area contributed by atoms with Gasteiger partial charge in [0.2, 0.25) is 5.91 Å². The Labute approximate surface area is 176 Å². The van der Waals surface area contributed by atoms with E-state index in [1.807, 2.05) is 51.1 Å². The fourth-order valence-corrected chi connectivity index (χ4v) is 3.97. The monoisotopic (exact) mass is 413 g/mol. The molecule has 1 atom stereocenters. The van der Waals surface area contributed by atoms with Gasteiger partial charge in [-0.3, -0.25) is 14.7 Å². The lowest BCUT2D eigenvalue weighted by molar-refractivity contribution is -0.118. The molecule has 0 saturated carbocycles. The number of benzene rings is 1. The van der Waals surface area contributed by atoms with Crippen LogP contribution in [0.15, 0.2) is 53.7 Å². The highest BCUT2D eigenvalue weighted by Gasteiger charge is 2.33. The van der Waals surface area contributed by atoms with Crippen LogP contribution < -0.4 is 5.32 Å². The van der Waals surface area contributed by atoms with Gasteiger partial charge >= 0.3 is 6.09 Å². The molecule has 0 spiro atoms. The van der Waals surface area contributed by atoms with Crippen molar-refractivity contribution < 1.29 is 14.3 Å². The number of rotatable bonds is 5. The van der Waals surface area contributed by atoms with Crippen molar-refractivity contribution >= 4 is 23.8 Å². The van der Waals surface area contributed by atoms with E-state index in [0.29, 0.717) is 18.8 Å². The molecule has 1 N–H and O–H groups in total. The molecule has 2 heterocycles. The maximum atomic E-state index is 12.8. The van der Waals surface area contributed by atoms with Crippen molar-refractivity contribution in [3.63, 3.8) is 0 Å². The van der Waals surface area contributed by atoms with Crippen LogP contribution in [0.2, 0.25) is 0 Å². The van der Waals surface area contributed by atoms with E-state index >= 15 is 0 Å². The van der Waals surface area contributed by atoms with Crippen molar-refractivity contribution in [1.82, 2.24) is 15.2 Å². The minimum Gasteiger partial charge on any atom is -0.444 e. The van der Waals surface area contributed by atoms with Gasteiger partial charge in [0.1, 0.15) is 5.60 Å². The van der Waals surface area contributed by atoms with Crippen LogP contribution >= 0.6 is 11.8 Å². The Morgan fingerprint density at radius 2 is 1.93 bits per heavy atom. The third-order valence-electron chi connectivity index (χ3n) is 4.55. The van der Waals surface area contributed by atoms with E-state index in [4.69, 9.17) is 4.74 Å². The molecular weight excluding hydrogens is 386 g/mol. The number of hydrogen-bond donors (Lipinski definition) is 1. The van der Waals surface area contributed by atoms with Crippen LogP contribution in [0.3, 0.4) is 0 Å². The highest BCUT2D eigenvalue weighted by Crippen LogP contribution is 2.30. The molecule has 29 heavy (non-hydrogen) atoms. The second-order valence-corrected chi connectivity index (χ2v) is 8.96. The number of carbonyl (C=O) groups excluding carboxylic acids is 2. The number of amides is 2. The van der Waals surface area contributed by atoms with E-state index in [-0.39, 0.29) is 18.0 Å². The molecule has 1 aliphatic rings. The number of aromatic nitrogens is 1. The van der Waals surface area contributed by atoms with Crippen LogP contribution in [0.1, 0.15) is 37.9 Å². The van der Waals surface area contributed by atoms with Gasteiger partial charge in [-0.1, -0.05) is 24.3 Å². The summed E-state index contributed by atoms with van der Waals surface area (Å²) in [6.45, 7) is 6.49. The zero-order valence-electron chi connectivity index (χ0n) is 17.1. The lowest BCUT2D eigenvalue weighted by Crippen LogP contribution is -2.47. The Hall–Kier alpha value is -2.54. The molecule has 154 valence electrons. The quantitative estimate of drug-likeness (QED) is 0.755. The second-order valence-electron chi connectivity index (χ2n) is 7.91. The predicted molar refractivity (Wildman–Crippen MR) is 114 cm³/mol. The molecule has 1 unspecified atom stereocenters. The predicted octanol–water partition coefficient (Wildman–Crippen LogP) is 3.82. The molecule has 0 bridgehead atoms. The van der Waals surface area contributed by atoms with Crippen LogP contribution in [-0.2, 0) is 16.0 Å². The van der Waals surface area contributed by atoms with Gasteiger partial charge in [0.25, 0.3) is 0 Å². The molecule has 0 saturated heterocycles. The largest absolute Gasteiger partial charge is 0.444 e. The Morgan fingerprint density at radius 1 is 1.21 bits per heavy atom. The van der Waals surface area contributed by atoms with Crippen LogP contribution in [0, 0.1) is 0 Å². The van der Waals surface area contributed by atoms with E-state index in [0.717, 1.165) is 16.9 Å². The summed E-state index contributed by atoms with van der Waals surface area (Å²) < 4.78 is 5.60. The number of nitrogens with zero attached hydrogens (tertiary/aromatic N) is 2. The molecule has 0 radical (unpaired) electrons. The molecular formula is C22H27N3O3S. The number of ether oxygens (including phenoxy) is 1. The topological polar surface area (TPSA) is 71.5 Å². The summed E-state index contributed by atoms with van der Waals surface area (Å²) >= 11 is 1.46. The van der Waals surface area contributed by atoms with E-state index in [2.05, 4.69) is 16.4 Å². The smallest absolute Gasteiger partial charge is 0.410 e. The van der Waals surface area contributed by atoms with Gasteiger partial charge in [0.05, 0.1) is 11.8 Å². The van der Waals surface area contributed by atoms with E-state index in [1.165, 1.54) is 17.3 Å². The van der Waals surface area contributed by atoms with E-state index < -0.39 is 5.60 Å². The highest BCUT2D eigenvalue weighted by atomic mass is 32.2. The standard InChI is InChI=1S/C22H27N3O3S/c1-22(2,3)28-21(27)25-13-10-16-6-4-5-7-18(16)19(25)14-24-20(26)15-29-17-8-11-23-12-9-17/h4-9,11-12,19H,10,13-15H2,1-3H3,(H,24,26). The maximum absolute atomic E-state index is 12.8. The molecule has 6 nitrogen and oxygen atoms in total. The summed E-state index contributed by atoms with van der Waals surface area (Å²) in [6, 6.07) is 11.6. The fourth-order valence-electron chi connectivity index (χ4n) is 3.26. The first-order valence-corrected chi connectivity index (χ1v) is 10.7. The number of pyridine rings is 1. The normalized spacial score (nSPS) is 16.1. The summed E-state index contributed by atoms with van der Waals surface area (Å²) in [5.41, 5.74) is 1.70. The summed E-state index contributed by atoms with van der Waals surface area (Å²) in [5, 5.41) is 2.99. The Morgan fingerprint density at radius 3 is 2.66 bits per heavy atom. The van der Waals surface area contributed by atoms with Crippen molar-refractivity contribution in [3.8, 4) is 0 Å². The van der Waals surface area contributed by atoms with Crippen molar-refractivity contribution in [3.05, 3.63) is 59.9 Å². The van der Waals surface area contributed by atoms with Crippen molar-refractivity contribution in [2.45, 2.75) is 43.7 Å². The minimum atomic E-state index is -0.566. The average molecular weight is 414 g/mol. The number of nitrogens with one attached hydrogen (secondary N) is 1. The Bertz CT molecular complexity index is 852. The Balaban J connectivity index is 1.67. The average Bonchev–Trinajstić information content (AvgIpc) is 2.69. The van der Waals surface area contributed by atoms with Crippen LogP contribution in [0.5, 0.6) is 0 Å². The summed E-state index contributed by atoms with van der Waals surface area (Å²) in [5.74, 6) is 0.240. The molecule has 1 aromatic heterocycles.